The molecule has 0 saturated carbocycles. The van der Waals surface area contributed by atoms with Gasteiger partial charge in [-0.1, -0.05) is 19.1 Å². The Morgan fingerprint density at radius 3 is 2.79 bits per heavy atom. The molecule has 0 radical (unpaired) electrons. The van der Waals surface area contributed by atoms with E-state index in [0.29, 0.717) is 18.3 Å². The summed E-state index contributed by atoms with van der Waals surface area (Å²) in [5.41, 5.74) is -0.781. The number of hydrogen-bond acceptors (Lipinski definition) is 2. The fourth-order valence-electron chi connectivity index (χ4n) is 1.38. The molecular formula is C11H13FO2. The van der Waals surface area contributed by atoms with Crippen molar-refractivity contribution in [2.75, 3.05) is 0 Å². The molecule has 1 unspecified atom stereocenters. The Kier molecular flexibility index (Phi) is 3.36. The van der Waals surface area contributed by atoms with E-state index in [-0.39, 0.29) is 6.42 Å². The van der Waals surface area contributed by atoms with Crippen LogP contribution in [0.25, 0.3) is 0 Å². The van der Waals surface area contributed by atoms with E-state index in [1.54, 1.807) is 13.0 Å². The molecule has 0 amide bonds. The summed E-state index contributed by atoms with van der Waals surface area (Å²) in [5, 5.41) is 10.0. The van der Waals surface area contributed by atoms with E-state index in [4.69, 9.17) is 0 Å². The van der Waals surface area contributed by atoms with Gasteiger partial charge in [0.1, 0.15) is 12.1 Å². The molecule has 1 N–H and O–H groups in total. The molecule has 0 saturated heterocycles. The number of hydrogen-bond donors (Lipinski definition) is 1. The van der Waals surface area contributed by atoms with Crippen LogP contribution in [0.1, 0.15) is 25.3 Å². The Balaban J connectivity index is 3.05. The molecule has 0 fully saturated rings. The maximum Gasteiger partial charge on any atom is 0.123 e. The summed E-state index contributed by atoms with van der Waals surface area (Å²) < 4.78 is 12.9. The molecule has 76 valence electrons. The van der Waals surface area contributed by atoms with E-state index >= 15 is 0 Å². The number of halogens is 1. The standard InChI is InChI=1S/C11H13FO2/c1-2-11(14,6-7-13)9-4-3-5-10(12)8-9/h3-5,7-8,14H,2,6H2,1H3. The van der Waals surface area contributed by atoms with Gasteiger partial charge in [0.25, 0.3) is 0 Å². The third-order valence-corrected chi connectivity index (χ3v) is 2.37. The van der Waals surface area contributed by atoms with Gasteiger partial charge in [-0.15, -0.1) is 0 Å². The van der Waals surface area contributed by atoms with E-state index < -0.39 is 11.4 Å². The number of benzene rings is 1. The van der Waals surface area contributed by atoms with Crippen LogP contribution in [0.4, 0.5) is 4.39 Å². The smallest absolute Gasteiger partial charge is 0.123 e. The van der Waals surface area contributed by atoms with E-state index in [2.05, 4.69) is 0 Å². The highest BCUT2D eigenvalue weighted by molar-refractivity contribution is 5.52. The summed E-state index contributed by atoms with van der Waals surface area (Å²) in [4.78, 5) is 10.4. The van der Waals surface area contributed by atoms with Crippen molar-refractivity contribution in [1.29, 1.82) is 0 Å². The Morgan fingerprint density at radius 2 is 2.29 bits per heavy atom. The van der Waals surface area contributed by atoms with Crippen molar-refractivity contribution in [2.45, 2.75) is 25.4 Å². The van der Waals surface area contributed by atoms with E-state index in [0.717, 1.165) is 0 Å². The molecule has 1 aromatic rings. The predicted molar refractivity (Wildman–Crippen MR) is 51.3 cm³/mol. The van der Waals surface area contributed by atoms with Gasteiger partial charge in [-0.2, -0.15) is 0 Å². The number of carbonyl (C=O) groups is 1. The van der Waals surface area contributed by atoms with Gasteiger partial charge in [0, 0.05) is 6.42 Å². The lowest BCUT2D eigenvalue weighted by Crippen LogP contribution is -2.25. The summed E-state index contributed by atoms with van der Waals surface area (Å²) in [7, 11) is 0. The highest BCUT2D eigenvalue weighted by Gasteiger charge is 2.26. The van der Waals surface area contributed by atoms with Gasteiger partial charge in [0.15, 0.2) is 0 Å². The van der Waals surface area contributed by atoms with Crippen molar-refractivity contribution in [3.8, 4) is 0 Å². The van der Waals surface area contributed by atoms with Crippen LogP contribution < -0.4 is 0 Å². The van der Waals surface area contributed by atoms with Crippen LogP contribution in [0.3, 0.4) is 0 Å². The van der Waals surface area contributed by atoms with Crippen LogP contribution in [-0.4, -0.2) is 11.4 Å². The molecule has 2 nitrogen and oxygen atoms in total. The quantitative estimate of drug-likeness (QED) is 0.748. The van der Waals surface area contributed by atoms with Gasteiger partial charge < -0.3 is 9.90 Å². The maximum absolute atomic E-state index is 12.9. The third kappa shape index (κ3) is 2.17. The molecule has 0 spiro atoms. The van der Waals surface area contributed by atoms with E-state index in [1.165, 1.54) is 18.2 Å². The number of aldehydes is 1. The lowest BCUT2D eigenvalue weighted by Gasteiger charge is -2.24. The molecule has 0 bridgehead atoms. The molecule has 0 aliphatic heterocycles. The molecule has 14 heavy (non-hydrogen) atoms. The van der Waals surface area contributed by atoms with Gasteiger partial charge in [-0.3, -0.25) is 0 Å². The molecule has 1 rings (SSSR count). The molecule has 1 aromatic carbocycles. The average molecular weight is 196 g/mol. The first-order valence-corrected chi connectivity index (χ1v) is 4.54. The zero-order valence-corrected chi connectivity index (χ0v) is 8.03. The number of carbonyl (C=O) groups excluding carboxylic acids is 1. The van der Waals surface area contributed by atoms with Crippen LogP contribution in [0.5, 0.6) is 0 Å². The number of rotatable bonds is 4. The molecular weight excluding hydrogens is 183 g/mol. The largest absolute Gasteiger partial charge is 0.385 e. The van der Waals surface area contributed by atoms with Crippen LogP contribution in [-0.2, 0) is 10.4 Å². The Bertz CT molecular complexity index is 325. The lowest BCUT2D eigenvalue weighted by atomic mass is 9.88. The fraction of sp³-hybridized carbons (Fsp3) is 0.364. The first-order valence-electron chi connectivity index (χ1n) is 4.54. The second-order valence-corrected chi connectivity index (χ2v) is 3.27. The first kappa shape index (κ1) is 10.9. The minimum atomic E-state index is -1.23. The summed E-state index contributed by atoms with van der Waals surface area (Å²) >= 11 is 0. The third-order valence-electron chi connectivity index (χ3n) is 2.37. The van der Waals surface area contributed by atoms with Gasteiger partial charge in [0.05, 0.1) is 5.60 Å². The fourth-order valence-corrected chi connectivity index (χ4v) is 1.38. The van der Waals surface area contributed by atoms with Crippen molar-refractivity contribution < 1.29 is 14.3 Å². The van der Waals surface area contributed by atoms with Crippen LogP contribution in [0.2, 0.25) is 0 Å². The van der Waals surface area contributed by atoms with Gasteiger partial charge >= 0.3 is 0 Å². The van der Waals surface area contributed by atoms with E-state index in [9.17, 15) is 14.3 Å². The average Bonchev–Trinajstić information content (AvgIpc) is 2.18. The molecule has 0 aliphatic carbocycles. The van der Waals surface area contributed by atoms with Crippen molar-refractivity contribution >= 4 is 6.29 Å². The van der Waals surface area contributed by atoms with Crippen LogP contribution in [0.15, 0.2) is 24.3 Å². The maximum atomic E-state index is 12.9. The van der Waals surface area contributed by atoms with Crippen LogP contribution >= 0.6 is 0 Å². The monoisotopic (exact) mass is 196 g/mol. The zero-order chi connectivity index (χ0) is 10.6. The molecule has 0 heterocycles. The van der Waals surface area contributed by atoms with Gasteiger partial charge in [-0.25, -0.2) is 4.39 Å². The molecule has 1 atom stereocenters. The highest BCUT2D eigenvalue weighted by Crippen LogP contribution is 2.27. The summed E-state index contributed by atoms with van der Waals surface area (Å²) in [6, 6.07) is 5.71. The predicted octanol–water partition coefficient (Wildman–Crippen LogP) is 2.01. The molecule has 3 heteroatoms. The van der Waals surface area contributed by atoms with Crippen molar-refractivity contribution in [3.05, 3.63) is 35.6 Å². The zero-order valence-electron chi connectivity index (χ0n) is 8.03. The Morgan fingerprint density at radius 1 is 1.57 bits per heavy atom. The second kappa shape index (κ2) is 4.33. The summed E-state index contributed by atoms with van der Waals surface area (Å²) in [5.74, 6) is -0.403. The van der Waals surface area contributed by atoms with Gasteiger partial charge in [0.2, 0.25) is 0 Å². The summed E-state index contributed by atoms with van der Waals surface area (Å²) in [6.45, 7) is 1.76. The topological polar surface area (TPSA) is 37.3 Å². The Labute approximate surface area is 82.4 Å². The van der Waals surface area contributed by atoms with Crippen LogP contribution in [0, 0.1) is 5.82 Å². The first-order chi connectivity index (χ1) is 6.62. The minimum absolute atomic E-state index is 0.00699. The molecule has 0 aliphatic rings. The Hall–Kier alpha value is -1.22. The van der Waals surface area contributed by atoms with Crippen molar-refractivity contribution in [1.82, 2.24) is 0 Å². The highest BCUT2D eigenvalue weighted by atomic mass is 19.1. The van der Waals surface area contributed by atoms with Crippen molar-refractivity contribution in [3.63, 3.8) is 0 Å². The second-order valence-electron chi connectivity index (χ2n) is 3.27. The summed E-state index contributed by atoms with van der Waals surface area (Å²) in [6.07, 6.45) is 1.02. The number of aliphatic hydroxyl groups is 1. The van der Waals surface area contributed by atoms with Crippen molar-refractivity contribution in [2.24, 2.45) is 0 Å². The van der Waals surface area contributed by atoms with Gasteiger partial charge in [-0.05, 0) is 24.1 Å². The van der Waals surface area contributed by atoms with E-state index in [1.807, 2.05) is 0 Å². The lowest BCUT2D eigenvalue weighted by molar-refractivity contribution is -0.112. The minimum Gasteiger partial charge on any atom is -0.385 e. The molecule has 0 aromatic heterocycles. The SMILES string of the molecule is CCC(O)(CC=O)c1cccc(F)c1. The normalized spacial score (nSPS) is 14.8.